The zero-order chi connectivity index (χ0) is 17.9. The Hall–Kier alpha value is 0.0300. The number of aliphatic hydroxyl groups is 3. The smallest absolute Gasteiger partial charge is 0.337 e. The topological polar surface area (TPSA) is 153 Å². The predicted octanol–water partition coefficient (Wildman–Crippen LogP) is 0.226. The lowest BCUT2D eigenvalue weighted by molar-refractivity contribution is 0.0374. The molecule has 1 aromatic carbocycles. The van der Waals surface area contributed by atoms with Crippen molar-refractivity contribution < 1.29 is 30.0 Å². The van der Waals surface area contributed by atoms with Crippen LogP contribution in [0.4, 0.5) is 5.69 Å². The fourth-order valence-corrected chi connectivity index (χ4v) is 5.76. The molecule has 0 aliphatic heterocycles. The number of carbonyl (C=O) groups is 2. The van der Waals surface area contributed by atoms with E-state index in [0.717, 1.165) is 0 Å². The lowest BCUT2D eigenvalue weighted by Gasteiger charge is -2.29. The molecule has 0 spiro atoms. The van der Waals surface area contributed by atoms with Crippen molar-refractivity contribution in [3.63, 3.8) is 0 Å². The van der Waals surface area contributed by atoms with Crippen LogP contribution in [0.1, 0.15) is 20.7 Å². The standard InChI is InChI=1S/C12H13I3N2O6/c13-6-4(10(21)17-12(1-18,2-19)3-20)7(14)9(16)8(15)5(6)11(22)23/h18-20H,1-3,16H2,(H,17,21)(H,22,23). The zero-order valence-corrected chi connectivity index (χ0v) is 17.9. The first-order chi connectivity index (χ1) is 10.7. The van der Waals surface area contributed by atoms with Gasteiger partial charge in [-0.15, -0.1) is 0 Å². The maximum atomic E-state index is 12.5. The second kappa shape index (κ2) is 8.41. The van der Waals surface area contributed by atoms with Gasteiger partial charge in [-0.2, -0.15) is 0 Å². The highest BCUT2D eigenvalue weighted by atomic mass is 127. The molecule has 11 heteroatoms. The summed E-state index contributed by atoms with van der Waals surface area (Å²) in [6.45, 7) is -2.07. The number of carboxylic acids is 1. The molecule has 1 rings (SSSR count). The molecule has 0 heterocycles. The van der Waals surface area contributed by atoms with E-state index in [4.69, 9.17) is 5.73 Å². The third kappa shape index (κ3) is 4.17. The van der Waals surface area contributed by atoms with Gasteiger partial charge in [0.2, 0.25) is 0 Å². The van der Waals surface area contributed by atoms with Gasteiger partial charge in [0.1, 0.15) is 5.54 Å². The molecule has 1 aromatic rings. The van der Waals surface area contributed by atoms with E-state index >= 15 is 0 Å². The maximum absolute atomic E-state index is 12.5. The van der Waals surface area contributed by atoms with Crippen molar-refractivity contribution in [3.8, 4) is 0 Å². The average Bonchev–Trinajstić information content (AvgIpc) is 2.50. The van der Waals surface area contributed by atoms with Crippen LogP contribution in [-0.2, 0) is 0 Å². The molecule has 0 saturated heterocycles. The molecule has 0 unspecified atom stereocenters. The summed E-state index contributed by atoms with van der Waals surface area (Å²) in [4.78, 5) is 23.9. The molecule has 23 heavy (non-hydrogen) atoms. The van der Waals surface area contributed by atoms with Gasteiger partial charge in [0.25, 0.3) is 5.91 Å². The normalized spacial score (nSPS) is 11.4. The highest BCUT2D eigenvalue weighted by Crippen LogP contribution is 2.34. The highest BCUT2D eigenvalue weighted by Gasteiger charge is 2.33. The van der Waals surface area contributed by atoms with Gasteiger partial charge in [-0.1, -0.05) is 0 Å². The Labute approximate surface area is 172 Å². The molecule has 7 N–H and O–H groups in total. The fourth-order valence-electron chi connectivity index (χ4n) is 1.64. The number of aromatic carboxylic acids is 1. The Balaban J connectivity index is 3.49. The maximum Gasteiger partial charge on any atom is 0.337 e. The van der Waals surface area contributed by atoms with Gasteiger partial charge in [-0.3, -0.25) is 4.79 Å². The van der Waals surface area contributed by atoms with Gasteiger partial charge in [-0.25, -0.2) is 4.79 Å². The average molecular weight is 662 g/mol. The van der Waals surface area contributed by atoms with Crippen molar-refractivity contribution in [3.05, 3.63) is 21.8 Å². The number of carbonyl (C=O) groups excluding carboxylic acids is 1. The second-order valence-corrected chi connectivity index (χ2v) is 7.86. The molecule has 1 amide bonds. The van der Waals surface area contributed by atoms with Gasteiger partial charge < -0.3 is 31.5 Å². The van der Waals surface area contributed by atoms with Crippen LogP contribution in [0.5, 0.6) is 0 Å². The Bertz CT molecular complexity index is 640. The zero-order valence-electron chi connectivity index (χ0n) is 11.4. The number of carboxylic acid groups (broad SMARTS) is 1. The van der Waals surface area contributed by atoms with Gasteiger partial charge in [0.15, 0.2) is 0 Å². The number of benzene rings is 1. The number of hydrogen-bond acceptors (Lipinski definition) is 6. The quantitative estimate of drug-likeness (QED) is 0.189. The van der Waals surface area contributed by atoms with E-state index in [1.54, 1.807) is 45.2 Å². The number of halogens is 3. The number of hydrogen-bond donors (Lipinski definition) is 6. The summed E-state index contributed by atoms with van der Waals surface area (Å²) < 4.78 is 0.845. The lowest BCUT2D eigenvalue weighted by Crippen LogP contribution is -2.57. The summed E-state index contributed by atoms with van der Waals surface area (Å²) >= 11 is 5.35. The van der Waals surface area contributed by atoms with E-state index < -0.39 is 37.2 Å². The fraction of sp³-hybridized carbons (Fsp3) is 0.333. The molecule has 0 saturated carbocycles. The van der Waals surface area contributed by atoms with Gasteiger partial charge in [0, 0.05) is 3.57 Å². The van der Waals surface area contributed by atoms with Crippen molar-refractivity contribution in [2.75, 3.05) is 25.6 Å². The first-order valence-electron chi connectivity index (χ1n) is 6.00. The van der Waals surface area contributed by atoms with Crippen LogP contribution in [-0.4, -0.2) is 57.7 Å². The second-order valence-electron chi connectivity index (χ2n) is 4.62. The first-order valence-corrected chi connectivity index (χ1v) is 9.23. The van der Waals surface area contributed by atoms with Crippen molar-refractivity contribution in [2.45, 2.75) is 5.54 Å². The third-order valence-electron chi connectivity index (χ3n) is 3.08. The van der Waals surface area contributed by atoms with Crippen LogP contribution < -0.4 is 11.1 Å². The molecule has 0 fully saturated rings. The Kier molecular flexibility index (Phi) is 7.71. The van der Waals surface area contributed by atoms with Crippen LogP contribution in [0, 0.1) is 10.7 Å². The predicted molar refractivity (Wildman–Crippen MR) is 107 cm³/mol. The van der Waals surface area contributed by atoms with Crippen molar-refractivity contribution >= 4 is 85.3 Å². The van der Waals surface area contributed by atoms with Crippen molar-refractivity contribution in [1.82, 2.24) is 5.32 Å². The van der Waals surface area contributed by atoms with Crippen LogP contribution >= 0.6 is 67.8 Å². The molecular weight excluding hydrogens is 649 g/mol. The Morgan fingerprint density at radius 1 is 0.957 bits per heavy atom. The Morgan fingerprint density at radius 2 is 1.39 bits per heavy atom. The van der Waals surface area contributed by atoms with Crippen molar-refractivity contribution in [1.29, 1.82) is 0 Å². The SMILES string of the molecule is Nc1c(I)c(C(=O)O)c(I)c(C(=O)NC(CO)(CO)CO)c1I. The molecule has 0 radical (unpaired) electrons. The number of amides is 1. The molecule has 0 aromatic heterocycles. The summed E-state index contributed by atoms with van der Waals surface area (Å²) in [6.07, 6.45) is 0. The highest BCUT2D eigenvalue weighted by molar-refractivity contribution is 14.1. The van der Waals surface area contributed by atoms with Crippen LogP contribution in [0.2, 0.25) is 0 Å². The van der Waals surface area contributed by atoms with E-state index in [0.29, 0.717) is 7.14 Å². The van der Waals surface area contributed by atoms with E-state index in [1.165, 1.54) is 0 Å². The minimum absolute atomic E-state index is 0.0150. The summed E-state index contributed by atoms with van der Waals surface area (Å²) in [6, 6.07) is 0. The largest absolute Gasteiger partial charge is 0.478 e. The van der Waals surface area contributed by atoms with E-state index in [2.05, 4.69) is 5.32 Å². The summed E-state index contributed by atoms with van der Waals surface area (Å²) in [5.74, 6) is -1.98. The van der Waals surface area contributed by atoms with Gasteiger partial charge >= 0.3 is 5.97 Å². The summed E-state index contributed by atoms with van der Waals surface area (Å²) in [5, 5.41) is 39.5. The number of anilines is 1. The minimum atomic E-state index is -1.62. The monoisotopic (exact) mass is 662 g/mol. The van der Waals surface area contributed by atoms with Crippen molar-refractivity contribution in [2.24, 2.45) is 0 Å². The molecule has 0 atom stereocenters. The van der Waals surface area contributed by atoms with Crippen LogP contribution in [0.25, 0.3) is 0 Å². The molecule has 0 bridgehead atoms. The van der Waals surface area contributed by atoms with Gasteiger partial charge in [0.05, 0.1) is 43.8 Å². The molecular formula is C12H13I3N2O6. The number of nitrogen functional groups attached to an aromatic ring is 1. The number of nitrogens with two attached hydrogens (primary N) is 1. The van der Waals surface area contributed by atoms with Gasteiger partial charge in [-0.05, 0) is 67.8 Å². The van der Waals surface area contributed by atoms with E-state index in [1.807, 2.05) is 22.6 Å². The molecule has 128 valence electrons. The third-order valence-corrected chi connectivity index (χ3v) is 6.40. The van der Waals surface area contributed by atoms with Crippen LogP contribution in [0.15, 0.2) is 0 Å². The number of aliphatic hydroxyl groups excluding tert-OH is 3. The molecule has 0 aliphatic carbocycles. The molecule has 8 nitrogen and oxygen atoms in total. The van der Waals surface area contributed by atoms with Crippen LogP contribution in [0.3, 0.4) is 0 Å². The first kappa shape index (κ1) is 21.1. The van der Waals surface area contributed by atoms with E-state index in [9.17, 15) is 30.0 Å². The summed E-state index contributed by atoms with van der Waals surface area (Å²) in [7, 11) is 0. The van der Waals surface area contributed by atoms with E-state index in [-0.39, 0.29) is 20.4 Å². The Morgan fingerprint density at radius 3 is 1.78 bits per heavy atom. The summed E-state index contributed by atoms with van der Waals surface area (Å²) in [5.41, 5.74) is 4.32. The molecule has 0 aliphatic rings. The number of rotatable bonds is 6. The number of nitrogens with one attached hydrogen (secondary N) is 1. The minimum Gasteiger partial charge on any atom is -0.478 e. The lowest BCUT2D eigenvalue weighted by atomic mass is 10.0.